The number of anilines is 1. The Hall–Kier alpha value is -2.89. The third-order valence-corrected chi connectivity index (χ3v) is 3.08. The summed E-state index contributed by atoms with van der Waals surface area (Å²) in [7, 11) is 0. The summed E-state index contributed by atoms with van der Waals surface area (Å²) in [5.41, 5.74) is 7.25. The molecular formula is C14H12N4O2. The molecule has 0 saturated carbocycles. The Kier molecular flexibility index (Phi) is 2.64. The molecule has 0 aliphatic carbocycles. The van der Waals surface area contributed by atoms with Crippen molar-refractivity contribution in [3.8, 4) is 5.69 Å². The van der Waals surface area contributed by atoms with Crippen LogP contribution in [0.2, 0.25) is 0 Å². The standard InChI is InChI=1S/C14H12N4O2/c1-8-6-12(14(19)20)18(17-8)10-3-2-9-4-5-16-13(15)11(9)7-10/h2-7H,1H3,(H2,15,16)(H,19,20). The maximum absolute atomic E-state index is 11.2. The predicted molar refractivity (Wildman–Crippen MR) is 75.0 cm³/mol. The molecular weight excluding hydrogens is 256 g/mol. The van der Waals surface area contributed by atoms with E-state index in [1.807, 2.05) is 12.1 Å². The molecule has 100 valence electrons. The molecule has 0 amide bonds. The van der Waals surface area contributed by atoms with Crippen molar-refractivity contribution >= 4 is 22.6 Å². The first-order valence-corrected chi connectivity index (χ1v) is 6.01. The van der Waals surface area contributed by atoms with Crippen LogP contribution in [0.4, 0.5) is 5.82 Å². The molecule has 3 N–H and O–H groups in total. The number of nitrogen functional groups attached to an aromatic ring is 1. The number of hydrogen-bond acceptors (Lipinski definition) is 4. The van der Waals surface area contributed by atoms with E-state index in [4.69, 9.17) is 5.73 Å². The van der Waals surface area contributed by atoms with Crippen LogP contribution in [0.3, 0.4) is 0 Å². The van der Waals surface area contributed by atoms with Gasteiger partial charge in [-0.2, -0.15) is 5.10 Å². The molecule has 1 aromatic carbocycles. The Bertz CT molecular complexity index is 823. The van der Waals surface area contributed by atoms with E-state index in [1.54, 1.807) is 25.3 Å². The predicted octanol–water partition coefficient (Wildman–Crippen LogP) is 2.01. The van der Waals surface area contributed by atoms with E-state index in [0.29, 0.717) is 17.2 Å². The second kappa shape index (κ2) is 4.34. The fourth-order valence-corrected chi connectivity index (χ4v) is 2.16. The highest BCUT2D eigenvalue weighted by atomic mass is 16.4. The van der Waals surface area contributed by atoms with Crippen LogP contribution < -0.4 is 5.73 Å². The lowest BCUT2D eigenvalue weighted by Gasteiger charge is -2.07. The van der Waals surface area contributed by atoms with Crippen LogP contribution in [-0.4, -0.2) is 25.8 Å². The van der Waals surface area contributed by atoms with Crippen LogP contribution in [0.5, 0.6) is 0 Å². The van der Waals surface area contributed by atoms with E-state index < -0.39 is 5.97 Å². The maximum atomic E-state index is 11.2. The van der Waals surface area contributed by atoms with Crippen LogP contribution in [0.1, 0.15) is 16.2 Å². The van der Waals surface area contributed by atoms with Crippen molar-refractivity contribution in [1.82, 2.24) is 14.8 Å². The van der Waals surface area contributed by atoms with Gasteiger partial charge in [-0.15, -0.1) is 0 Å². The molecule has 6 heteroatoms. The van der Waals surface area contributed by atoms with E-state index in [9.17, 15) is 9.90 Å². The minimum atomic E-state index is -1.02. The number of carboxylic acids is 1. The summed E-state index contributed by atoms with van der Waals surface area (Å²) in [5.74, 6) is -0.616. The molecule has 0 bridgehead atoms. The second-order valence-corrected chi connectivity index (χ2v) is 4.49. The van der Waals surface area contributed by atoms with E-state index >= 15 is 0 Å². The third kappa shape index (κ3) is 1.87. The van der Waals surface area contributed by atoms with E-state index in [0.717, 1.165) is 10.8 Å². The average molecular weight is 268 g/mol. The summed E-state index contributed by atoms with van der Waals surface area (Å²) >= 11 is 0. The Morgan fingerprint density at radius 3 is 2.85 bits per heavy atom. The van der Waals surface area contributed by atoms with Crippen LogP contribution in [0.25, 0.3) is 16.5 Å². The highest BCUT2D eigenvalue weighted by Gasteiger charge is 2.14. The van der Waals surface area contributed by atoms with Gasteiger partial charge in [0.15, 0.2) is 5.69 Å². The fourth-order valence-electron chi connectivity index (χ4n) is 2.16. The summed E-state index contributed by atoms with van der Waals surface area (Å²) in [6, 6.07) is 8.84. The van der Waals surface area contributed by atoms with Gasteiger partial charge in [0.25, 0.3) is 0 Å². The molecule has 20 heavy (non-hydrogen) atoms. The number of aryl methyl sites for hydroxylation is 1. The first-order valence-electron chi connectivity index (χ1n) is 6.01. The van der Waals surface area contributed by atoms with Crippen LogP contribution in [0.15, 0.2) is 36.5 Å². The number of carboxylic acid groups (broad SMARTS) is 1. The summed E-state index contributed by atoms with van der Waals surface area (Å²) in [6.45, 7) is 1.75. The average Bonchev–Trinajstić information content (AvgIpc) is 2.81. The van der Waals surface area contributed by atoms with Crippen LogP contribution >= 0.6 is 0 Å². The summed E-state index contributed by atoms with van der Waals surface area (Å²) in [5, 5.41) is 15.1. The zero-order chi connectivity index (χ0) is 14.3. The Balaban J connectivity index is 2.25. The number of fused-ring (bicyclic) bond motifs is 1. The maximum Gasteiger partial charge on any atom is 0.354 e. The highest BCUT2D eigenvalue weighted by Crippen LogP contribution is 2.23. The first kappa shape index (κ1) is 12.2. The first-order chi connectivity index (χ1) is 9.56. The fraction of sp³-hybridized carbons (Fsp3) is 0.0714. The van der Waals surface area contributed by atoms with Gasteiger partial charge in [0.05, 0.1) is 11.4 Å². The number of aromatic nitrogens is 3. The van der Waals surface area contributed by atoms with Crippen molar-refractivity contribution < 1.29 is 9.90 Å². The van der Waals surface area contributed by atoms with Crippen LogP contribution in [-0.2, 0) is 0 Å². The molecule has 0 aliphatic rings. The molecule has 0 fully saturated rings. The molecule has 0 spiro atoms. The van der Waals surface area contributed by atoms with Gasteiger partial charge in [0, 0.05) is 11.6 Å². The molecule has 0 aliphatic heterocycles. The van der Waals surface area contributed by atoms with Gasteiger partial charge in [-0.25, -0.2) is 14.5 Å². The number of hydrogen-bond donors (Lipinski definition) is 2. The van der Waals surface area contributed by atoms with Crippen molar-refractivity contribution in [3.63, 3.8) is 0 Å². The number of rotatable bonds is 2. The minimum absolute atomic E-state index is 0.115. The molecule has 3 rings (SSSR count). The molecule has 0 atom stereocenters. The SMILES string of the molecule is Cc1cc(C(=O)O)n(-c2ccc3ccnc(N)c3c2)n1. The van der Waals surface area contributed by atoms with Gasteiger partial charge in [-0.3, -0.25) is 0 Å². The van der Waals surface area contributed by atoms with Crippen LogP contribution in [0, 0.1) is 6.92 Å². The molecule has 3 aromatic rings. The van der Waals surface area contributed by atoms with Gasteiger partial charge in [0.2, 0.25) is 0 Å². The lowest BCUT2D eigenvalue weighted by atomic mass is 10.1. The Morgan fingerprint density at radius 1 is 1.30 bits per heavy atom. The van der Waals surface area contributed by atoms with Gasteiger partial charge in [-0.05, 0) is 36.6 Å². The lowest BCUT2D eigenvalue weighted by molar-refractivity contribution is 0.0687. The number of carbonyl (C=O) groups is 1. The van der Waals surface area contributed by atoms with E-state index in [2.05, 4.69) is 10.1 Å². The summed E-state index contributed by atoms with van der Waals surface area (Å²) in [6.07, 6.45) is 1.64. The number of aromatic carboxylic acids is 1. The summed E-state index contributed by atoms with van der Waals surface area (Å²) in [4.78, 5) is 15.3. The van der Waals surface area contributed by atoms with Crippen molar-refractivity contribution in [3.05, 3.63) is 47.9 Å². The third-order valence-electron chi connectivity index (χ3n) is 3.08. The van der Waals surface area contributed by atoms with Crippen molar-refractivity contribution in [2.24, 2.45) is 0 Å². The molecule has 0 radical (unpaired) electrons. The van der Waals surface area contributed by atoms with Crippen molar-refractivity contribution in [2.45, 2.75) is 6.92 Å². The Morgan fingerprint density at radius 2 is 2.10 bits per heavy atom. The highest BCUT2D eigenvalue weighted by molar-refractivity contribution is 5.93. The van der Waals surface area contributed by atoms with E-state index in [-0.39, 0.29) is 5.69 Å². The molecule has 2 aromatic heterocycles. The number of pyridine rings is 1. The monoisotopic (exact) mass is 268 g/mol. The van der Waals surface area contributed by atoms with Gasteiger partial charge >= 0.3 is 5.97 Å². The van der Waals surface area contributed by atoms with Crippen molar-refractivity contribution in [2.75, 3.05) is 5.73 Å². The molecule has 6 nitrogen and oxygen atoms in total. The van der Waals surface area contributed by atoms with Crippen molar-refractivity contribution in [1.29, 1.82) is 0 Å². The van der Waals surface area contributed by atoms with Gasteiger partial charge in [0.1, 0.15) is 5.82 Å². The largest absolute Gasteiger partial charge is 0.477 e. The quantitative estimate of drug-likeness (QED) is 0.741. The zero-order valence-corrected chi connectivity index (χ0v) is 10.7. The molecule has 0 unspecified atom stereocenters. The smallest absolute Gasteiger partial charge is 0.354 e. The van der Waals surface area contributed by atoms with E-state index in [1.165, 1.54) is 10.7 Å². The van der Waals surface area contributed by atoms with Gasteiger partial charge < -0.3 is 10.8 Å². The second-order valence-electron chi connectivity index (χ2n) is 4.49. The van der Waals surface area contributed by atoms with Gasteiger partial charge in [-0.1, -0.05) is 6.07 Å². The minimum Gasteiger partial charge on any atom is -0.477 e. The lowest BCUT2D eigenvalue weighted by Crippen LogP contribution is -2.08. The normalized spacial score (nSPS) is 10.8. The molecule has 2 heterocycles. The zero-order valence-electron chi connectivity index (χ0n) is 10.7. The Labute approximate surface area is 114 Å². The molecule has 0 saturated heterocycles. The summed E-state index contributed by atoms with van der Waals surface area (Å²) < 4.78 is 1.39. The number of nitrogens with zero attached hydrogens (tertiary/aromatic N) is 3. The topological polar surface area (TPSA) is 94.0 Å². The number of nitrogens with two attached hydrogens (primary N) is 1. The number of benzene rings is 1.